The first kappa shape index (κ1) is 10.2. The van der Waals surface area contributed by atoms with Gasteiger partial charge in [0.25, 0.3) is 0 Å². The minimum Gasteiger partial charge on any atom is -0.312 e. The van der Waals surface area contributed by atoms with E-state index < -0.39 is 0 Å². The van der Waals surface area contributed by atoms with Gasteiger partial charge in [-0.3, -0.25) is 0 Å². The normalized spacial score (nSPS) is 24.8. The van der Waals surface area contributed by atoms with E-state index in [4.69, 9.17) is 0 Å². The Kier molecular flexibility index (Phi) is 2.44. The van der Waals surface area contributed by atoms with Crippen molar-refractivity contribution in [3.05, 3.63) is 11.6 Å². The second kappa shape index (κ2) is 3.82. The second-order valence-corrected chi connectivity index (χ2v) is 5.20. The van der Waals surface area contributed by atoms with Crippen LogP contribution in [0.15, 0.2) is 0 Å². The molecule has 0 amide bonds. The molecule has 5 heteroatoms. The lowest BCUT2D eigenvalue weighted by Gasteiger charge is -2.28. The molecule has 88 valence electrons. The van der Waals surface area contributed by atoms with Gasteiger partial charge >= 0.3 is 0 Å². The Balaban J connectivity index is 1.78. The van der Waals surface area contributed by atoms with Crippen LogP contribution in [0.3, 0.4) is 0 Å². The van der Waals surface area contributed by atoms with Crippen LogP contribution in [0.1, 0.15) is 30.4 Å². The van der Waals surface area contributed by atoms with Gasteiger partial charge in [-0.1, -0.05) is 0 Å². The van der Waals surface area contributed by atoms with Crippen molar-refractivity contribution < 1.29 is 0 Å². The molecule has 1 aliphatic heterocycles. The molecular formula is C11H19N5. The molecule has 2 aliphatic rings. The predicted octanol–water partition coefficient (Wildman–Crippen LogP) is 0.189. The summed E-state index contributed by atoms with van der Waals surface area (Å²) < 4.78 is 2.34. The van der Waals surface area contributed by atoms with Crippen LogP contribution in [0.4, 0.5) is 0 Å². The Morgan fingerprint density at radius 2 is 2.19 bits per heavy atom. The quantitative estimate of drug-likeness (QED) is 0.791. The highest BCUT2D eigenvalue weighted by atomic mass is 15.3. The molecule has 0 spiro atoms. The summed E-state index contributed by atoms with van der Waals surface area (Å²) >= 11 is 0. The summed E-state index contributed by atoms with van der Waals surface area (Å²) in [7, 11) is 4.23. The van der Waals surface area contributed by atoms with Crippen molar-refractivity contribution in [3.8, 4) is 0 Å². The molecule has 1 aliphatic carbocycles. The maximum absolute atomic E-state index is 4.33. The molecule has 1 fully saturated rings. The molecule has 0 saturated heterocycles. The molecule has 0 bridgehead atoms. The summed E-state index contributed by atoms with van der Waals surface area (Å²) in [4.78, 5) is 2.23. The molecule has 2 heterocycles. The van der Waals surface area contributed by atoms with Gasteiger partial charge in [0.05, 0.1) is 6.54 Å². The molecule has 1 atom stereocenters. The minimum atomic E-state index is 0.524. The number of hydrogen-bond acceptors (Lipinski definition) is 4. The zero-order valence-electron chi connectivity index (χ0n) is 9.98. The van der Waals surface area contributed by atoms with Gasteiger partial charge in [0.2, 0.25) is 0 Å². The number of hydrogen-bond donors (Lipinski definition) is 1. The third-order valence-corrected chi connectivity index (χ3v) is 3.34. The van der Waals surface area contributed by atoms with E-state index in [2.05, 4.69) is 39.1 Å². The van der Waals surface area contributed by atoms with E-state index in [1.54, 1.807) is 0 Å². The van der Waals surface area contributed by atoms with Crippen molar-refractivity contribution in [3.63, 3.8) is 0 Å². The van der Waals surface area contributed by atoms with Gasteiger partial charge in [0.1, 0.15) is 11.6 Å². The van der Waals surface area contributed by atoms with Crippen molar-refractivity contribution in [2.45, 2.75) is 37.9 Å². The van der Waals surface area contributed by atoms with E-state index in [9.17, 15) is 0 Å². The summed E-state index contributed by atoms with van der Waals surface area (Å²) in [5, 5.41) is 12.1. The number of fused-ring (bicyclic) bond motifs is 1. The van der Waals surface area contributed by atoms with Crippen molar-refractivity contribution in [1.29, 1.82) is 0 Å². The van der Waals surface area contributed by atoms with Gasteiger partial charge in [0.15, 0.2) is 0 Å². The van der Waals surface area contributed by atoms with Gasteiger partial charge in [-0.25, -0.2) is 0 Å². The maximum atomic E-state index is 4.33. The number of rotatable bonds is 3. The lowest BCUT2D eigenvalue weighted by atomic mass is 10.2. The van der Waals surface area contributed by atoms with Gasteiger partial charge in [0, 0.05) is 25.0 Å². The summed E-state index contributed by atoms with van der Waals surface area (Å²) in [6.07, 6.45) is 2.59. The molecular weight excluding hydrogens is 202 g/mol. The number of likely N-dealkylation sites (N-methyl/N-ethyl adjacent to an activating group) is 1. The highest BCUT2D eigenvalue weighted by molar-refractivity contribution is 5.10. The average Bonchev–Trinajstić information content (AvgIpc) is 2.98. The zero-order chi connectivity index (χ0) is 11.1. The van der Waals surface area contributed by atoms with Crippen molar-refractivity contribution >= 4 is 0 Å². The van der Waals surface area contributed by atoms with Crippen LogP contribution in [-0.4, -0.2) is 46.3 Å². The van der Waals surface area contributed by atoms with E-state index in [0.717, 1.165) is 25.5 Å². The molecule has 16 heavy (non-hydrogen) atoms. The van der Waals surface area contributed by atoms with Crippen LogP contribution in [0.5, 0.6) is 0 Å². The molecule has 1 aromatic rings. The van der Waals surface area contributed by atoms with Gasteiger partial charge in [-0.05, 0) is 26.9 Å². The van der Waals surface area contributed by atoms with Crippen LogP contribution >= 0.6 is 0 Å². The van der Waals surface area contributed by atoms with Crippen LogP contribution in [0, 0.1) is 0 Å². The summed E-state index contributed by atoms with van der Waals surface area (Å²) in [6, 6.07) is 0.524. The Hall–Kier alpha value is -0.940. The standard InChI is InChI=1S/C11H19N5/c1-15(2)6-9-7-16-10(5-12-9)13-14-11(16)8-3-4-8/h8-9,12H,3-7H2,1-2H3. The number of nitrogens with one attached hydrogen (secondary N) is 1. The maximum Gasteiger partial charge on any atom is 0.147 e. The Labute approximate surface area is 95.8 Å². The molecule has 1 aromatic heterocycles. The van der Waals surface area contributed by atoms with E-state index in [1.165, 1.54) is 18.7 Å². The summed E-state index contributed by atoms with van der Waals surface area (Å²) in [5.74, 6) is 3.02. The van der Waals surface area contributed by atoms with Crippen LogP contribution in [-0.2, 0) is 13.1 Å². The van der Waals surface area contributed by atoms with Crippen LogP contribution in [0.2, 0.25) is 0 Å². The summed E-state index contributed by atoms with van der Waals surface area (Å²) in [6.45, 7) is 2.95. The lowest BCUT2D eigenvalue weighted by Crippen LogP contribution is -2.45. The lowest BCUT2D eigenvalue weighted by molar-refractivity contribution is 0.288. The molecule has 3 rings (SSSR count). The molecule has 5 nitrogen and oxygen atoms in total. The molecule has 0 aromatic carbocycles. The first-order chi connectivity index (χ1) is 7.74. The van der Waals surface area contributed by atoms with E-state index >= 15 is 0 Å². The zero-order valence-corrected chi connectivity index (χ0v) is 9.98. The second-order valence-electron chi connectivity index (χ2n) is 5.20. The average molecular weight is 221 g/mol. The highest BCUT2D eigenvalue weighted by Gasteiger charge is 2.32. The van der Waals surface area contributed by atoms with E-state index in [1.807, 2.05) is 0 Å². The van der Waals surface area contributed by atoms with Gasteiger partial charge in [-0.2, -0.15) is 0 Å². The largest absolute Gasteiger partial charge is 0.312 e. The van der Waals surface area contributed by atoms with Crippen molar-refractivity contribution in [1.82, 2.24) is 25.0 Å². The fourth-order valence-electron chi connectivity index (χ4n) is 2.41. The topological polar surface area (TPSA) is 46.0 Å². The Morgan fingerprint density at radius 1 is 1.38 bits per heavy atom. The highest BCUT2D eigenvalue weighted by Crippen LogP contribution is 2.39. The molecule has 1 unspecified atom stereocenters. The van der Waals surface area contributed by atoms with Crippen molar-refractivity contribution in [2.75, 3.05) is 20.6 Å². The molecule has 1 N–H and O–H groups in total. The fraction of sp³-hybridized carbons (Fsp3) is 0.818. The predicted molar refractivity (Wildman–Crippen MR) is 61.2 cm³/mol. The van der Waals surface area contributed by atoms with E-state index in [-0.39, 0.29) is 0 Å². The Bertz CT molecular complexity index is 380. The van der Waals surface area contributed by atoms with Crippen LogP contribution in [0.25, 0.3) is 0 Å². The SMILES string of the molecule is CN(C)CC1Cn2c(nnc2C2CC2)CN1. The third-order valence-electron chi connectivity index (χ3n) is 3.34. The first-order valence-electron chi connectivity index (χ1n) is 6.04. The van der Waals surface area contributed by atoms with Gasteiger partial charge in [-0.15, -0.1) is 10.2 Å². The first-order valence-corrected chi connectivity index (χ1v) is 6.04. The molecule has 1 saturated carbocycles. The minimum absolute atomic E-state index is 0.524. The van der Waals surface area contributed by atoms with E-state index in [0.29, 0.717) is 12.0 Å². The summed E-state index contributed by atoms with van der Waals surface area (Å²) in [5.41, 5.74) is 0. The Morgan fingerprint density at radius 3 is 2.88 bits per heavy atom. The van der Waals surface area contributed by atoms with Gasteiger partial charge < -0.3 is 14.8 Å². The third kappa shape index (κ3) is 1.85. The van der Waals surface area contributed by atoms with Crippen molar-refractivity contribution in [2.24, 2.45) is 0 Å². The number of nitrogens with zero attached hydrogens (tertiary/aromatic N) is 4. The smallest absolute Gasteiger partial charge is 0.147 e. The fourth-order valence-corrected chi connectivity index (χ4v) is 2.41. The monoisotopic (exact) mass is 221 g/mol. The number of aromatic nitrogens is 3. The van der Waals surface area contributed by atoms with Crippen LogP contribution < -0.4 is 5.32 Å². The molecule has 0 radical (unpaired) electrons.